The van der Waals surface area contributed by atoms with Crippen LogP contribution in [-0.2, 0) is 22.6 Å². The first-order valence-corrected chi connectivity index (χ1v) is 16.9. The third-order valence-electron chi connectivity index (χ3n) is 9.97. The minimum Gasteiger partial charge on any atom is -0.344 e. The van der Waals surface area contributed by atoms with Gasteiger partial charge in [-0.2, -0.15) is 0 Å². The van der Waals surface area contributed by atoms with Gasteiger partial charge in [0.1, 0.15) is 6.04 Å². The third kappa shape index (κ3) is 10.7. The summed E-state index contributed by atoms with van der Waals surface area (Å²) >= 11 is 6.14. The van der Waals surface area contributed by atoms with E-state index >= 15 is 0 Å². The van der Waals surface area contributed by atoms with Gasteiger partial charge in [0, 0.05) is 69.2 Å². The van der Waals surface area contributed by atoms with Gasteiger partial charge in [-0.15, -0.1) is 37.2 Å². The van der Waals surface area contributed by atoms with Gasteiger partial charge in [0.15, 0.2) is 0 Å². The first-order chi connectivity index (χ1) is 20.9. The van der Waals surface area contributed by atoms with E-state index in [1.165, 1.54) is 43.2 Å². The lowest BCUT2D eigenvalue weighted by atomic mass is 9.82. The lowest BCUT2D eigenvalue weighted by Gasteiger charge is -2.45. The zero-order valence-electron chi connectivity index (χ0n) is 27.3. The van der Waals surface area contributed by atoms with E-state index in [1.807, 2.05) is 41.3 Å². The number of fused-ring (bicyclic) bond motifs is 1. The number of hydrogen-bond acceptors (Lipinski definition) is 5. The van der Waals surface area contributed by atoms with Crippen molar-refractivity contribution in [3.05, 3.63) is 70.2 Å². The Kier molecular flexibility index (Phi) is 17.7. The largest absolute Gasteiger partial charge is 0.344 e. The first kappa shape index (κ1) is 40.6. The van der Waals surface area contributed by atoms with E-state index in [9.17, 15) is 9.59 Å². The summed E-state index contributed by atoms with van der Waals surface area (Å²) in [6, 6.07) is 15.7. The molecule has 258 valence electrons. The van der Waals surface area contributed by atoms with Crippen molar-refractivity contribution in [2.75, 3.05) is 45.8 Å². The Morgan fingerprint density at radius 3 is 2.24 bits per heavy atom. The zero-order chi connectivity index (χ0) is 30.2. The number of nitrogens with zero attached hydrogens (tertiary/aromatic N) is 3. The normalized spacial score (nSPS) is 19.7. The predicted molar refractivity (Wildman–Crippen MR) is 196 cm³/mol. The topological polar surface area (TPSA) is 67.9 Å². The van der Waals surface area contributed by atoms with E-state index in [-0.39, 0.29) is 55.1 Å². The second-order valence-corrected chi connectivity index (χ2v) is 13.0. The van der Waals surface area contributed by atoms with Gasteiger partial charge in [-0.1, -0.05) is 81.1 Å². The molecule has 0 aromatic heterocycles. The fraction of sp³-hybridized carbons (Fsp3) is 0.600. The maximum absolute atomic E-state index is 14.0. The second-order valence-electron chi connectivity index (χ2n) is 12.6. The highest BCUT2D eigenvalue weighted by Gasteiger charge is 2.35. The highest BCUT2D eigenvalue weighted by atomic mass is 35.5. The summed E-state index contributed by atoms with van der Waals surface area (Å²) < 4.78 is 0. The van der Waals surface area contributed by atoms with Crippen LogP contribution >= 0.6 is 48.8 Å². The molecule has 1 aliphatic carbocycles. The monoisotopic (exact) mass is 715 g/mol. The molecule has 46 heavy (non-hydrogen) atoms. The molecule has 7 nitrogen and oxygen atoms in total. The second kappa shape index (κ2) is 20.1. The molecule has 2 fully saturated rings. The number of halogens is 4. The van der Waals surface area contributed by atoms with E-state index in [0.29, 0.717) is 37.0 Å². The Morgan fingerprint density at radius 2 is 1.59 bits per heavy atom. The van der Waals surface area contributed by atoms with Gasteiger partial charge < -0.3 is 20.4 Å². The van der Waals surface area contributed by atoms with Crippen molar-refractivity contribution < 1.29 is 9.59 Å². The number of likely N-dealkylation sites (N-methyl/N-ethyl adjacent to an activating group) is 1. The molecule has 5 rings (SSSR count). The van der Waals surface area contributed by atoms with E-state index in [1.54, 1.807) is 0 Å². The summed E-state index contributed by atoms with van der Waals surface area (Å²) in [5.74, 6) is 0.653. The summed E-state index contributed by atoms with van der Waals surface area (Å²) in [6.07, 6.45) is 7.44. The molecule has 1 saturated carbocycles. The molecule has 2 aromatic rings. The Morgan fingerprint density at radius 1 is 0.935 bits per heavy atom. The molecule has 11 heteroatoms. The summed E-state index contributed by atoms with van der Waals surface area (Å²) in [5.41, 5.74) is 3.40. The molecular formula is C35H53Cl4N5O2. The lowest BCUT2D eigenvalue weighted by Crippen LogP contribution is -2.59. The van der Waals surface area contributed by atoms with Crippen LogP contribution in [0, 0.1) is 5.92 Å². The number of hydrogen-bond donors (Lipinski definition) is 2. The number of benzene rings is 2. The van der Waals surface area contributed by atoms with Crippen molar-refractivity contribution in [3.63, 3.8) is 0 Å². The molecule has 2 aromatic carbocycles. The fourth-order valence-electron chi connectivity index (χ4n) is 7.38. The van der Waals surface area contributed by atoms with Crippen LogP contribution in [0.4, 0.5) is 0 Å². The van der Waals surface area contributed by atoms with Crippen molar-refractivity contribution in [2.45, 2.75) is 83.5 Å². The smallest absolute Gasteiger partial charge is 0.245 e. The molecule has 1 saturated heterocycles. The molecule has 0 spiro atoms. The molecule has 3 aliphatic rings. The first-order valence-electron chi connectivity index (χ1n) is 16.5. The van der Waals surface area contributed by atoms with Gasteiger partial charge in [-0.3, -0.25) is 14.5 Å². The quantitative estimate of drug-likeness (QED) is 0.270. The molecule has 3 atom stereocenters. The minimum atomic E-state index is -0.610. The van der Waals surface area contributed by atoms with Crippen molar-refractivity contribution in [2.24, 2.45) is 5.92 Å². The Hall–Kier alpha value is -1.58. The number of carbonyl (C=O) groups excluding carboxylic acids is 2. The van der Waals surface area contributed by atoms with E-state index in [2.05, 4.69) is 46.4 Å². The lowest BCUT2D eigenvalue weighted by molar-refractivity contribution is -0.138. The standard InChI is InChI=1S/C35H50ClN5O2.3ClH/c1-3-39(4-2)25-33(27-10-6-5-7-11-27)40-18-20-41(21-19-40)35(43)32(22-26-14-16-29(36)17-15-26)38-34(42)23-31-30-13-9-8-12-28(30)24-37-31;;;/h8-9,12-17,27,31-33,37H,3-7,10-11,18-25H2,1-2H3,(H,38,42);3*1H. The van der Waals surface area contributed by atoms with Crippen LogP contribution in [0.1, 0.15) is 75.1 Å². The van der Waals surface area contributed by atoms with Crippen molar-refractivity contribution in [1.82, 2.24) is 25.3 Å². The summed E-state index contributed by atoms with van der Waals surface area (Å²) in [6.45, 7) is 11.7. The highest BCUT2D eigenvalue weighted by molar-refractivity contribution is 6.30. The number of nitrogens with one attached hydrogen (secondary N) is 2. The molecular weight excluding hydrogens is 664 g/mol. The number of amides is 2. The molecule has 0 radical (unpaired) electrons. The fourth-order valence-corrected chi connectivity index (χ4v) is 7.50. The van der Waals surface area contributed by atoms with Crippen LogP contribution in [0.5, 0.6) is 0 Å². The maximum Gasteiger partial charge on any atom is 0.245 e. The zero-order valence-corrected chi connectivity index (χ0v) is 30.5. The average Bonchev–Trinajstić information content (AvgIpc) is 3.45. The predicted octanol–water partition coefficient (Wildman–Crippen LogP) is 6.30. The Labute approximate surface area is 299 Å². The van der Waals surface area contributed by atoms with E-state index in [0.717, 1.165) is 50.7 Å². The van der Waals surface area contributed by atoms with Gasteiger partial charge in [-0.25, -0.2) is 0 Å². The van der Waals surface area contributed by atoms with Gasteiger partial charge >= 0.3 is 0 Å². The summed E-state index contributed by atoms with van der Waals surface area (Å²) in [5, 5.41) is 7.26. The molecule has 3 unspecified atom stereocenters. The Bertz CT molecular complexity index is 1200. The Balaban J connectivity index is 0.00000245. The minimum absolute atomic E-state index is 0. The van der Waals surface area contributed by atoms with Crippen molar-refractivity contribution in [3.8, 4) is 0 Å². The van der Waals surface area contributed by atoms with Gasteiger partial charge in [0.25, 0.3) is 0 Å². The van der Waals surface area contributed by atoms with Crippen molar-refractivity contribution >= 4 is 60.6 Å². The molecule has 2 N–H and O–H groups in total. The van der Waals surface area contributed by atoms with Gasteiger partial charge in [-0.05, 0) is 60.7 Å². The maximum atomic E-state index is 14.0. The van der Waals surface area contributed by atoms with Gasteiger partial charge in [0.2, 0.25) is 11.8 Å². The number of rotatable bonds is 12. The number of carbonyl (C=O) groups is 2. The van der Waals surface area contributed by atoms with Crippen LogP contribution in [0.15, 0.2) is 48.5 Å². The molecule has 2 aliphatic heterocycles. The van der Waals surface area contributed by atoms with E-state index in [4.69, 9.17) is 11.6 Å². The SMILES string of the molecule is CCN(CC)CC(C1CCCCC1)N1CCN(C(=O)C(Cc2ccc(Cl)cc2)NC(=O)CC2NCc3ccccc32)CC1.Cl.Cl.Cl. The van der Waals surface area contributed by atoms with Crippen LogP contribution in [0.2, 0.25) is 5.02 Å². The van der Waals surface area contributed by atoms with Crippen LogP contribution in [-0.4, -0.2) is 84.4 Å². The van der Waals surface area contributed by atoms with Crippen LogP contribution < -0.4 is 10.6 Å². The van der Waals surface area contributed by atoms with Gasteiger partial charge in [0.05, 0.1) is 0 Å². The third-order valence-corrected chi connectivity index (χ3v) is 10.2. The van der Waals surface area contributed by atoms with Crippen LogP contribution in [0.3, 0.4) is 0 Å². The molecule has 2 heterocycles. The number of piperazine rings is 1. The average molecular weight is 718 g/mol. The molecule has 0 bridgehead atoms. The molecule has 2 amide bonds. The summed E-state index contributed by atoms with van der Waals surface area (Å²) in [4.78, 5) is 34.6. The van der Waals surface area contributed by atoms with E-state index < -0.39 is 6.04 Å². The highest BCUT2D eigenvalue weighted by Crippen LogP contribution is 2.31. The van der Waals surface area contributed by atoms with Crippen molar-refractivity contribution in [1.29, 1.82) is 0 Å². The van der Waals surface area contributed by atoms with Crippen LogP contribution in [0.25, 0.3) is 0 Å². The summed E-state index contributed by atoms with van der Waals surface area (Å²) in [7, 11) is 0.